The lowest BCUT2D eigenvalue weighted by Crippen LogP contribution is -2.30. The zero-order valence-corrected chi connectivity index (χ0v) is 13.8. The molecule has 2 N–H and O–H groups in total. The van der Waals surface area contributed by atoms with Gasteiger partial charge in [-0.15, -0.1) is 0 Å². The molecule has 1 amide bonds. The number of aromatic nitrogens is 2. The standard InChI is InChI=1S/C17H21N3O3/c1-10-5-6-11(2)17(13(10)4)23-9-16(22)18-8-14-19-12(3)7-15(21)20-14/h5-7H,8-9H2,1-4H3,(H,18,22)(H,19,20,21). The minimum absolute atomic E-state index is 0.0822. The van der Waals surface area contributed by atoms with Crippen molar-refractivity contribution in [2.75, 3.05) is 6.61 Å². The van der Waals surface area contributed by atoms with Crippen LogP contribution in [0.15, 0.2) is 23.0 Å². The predicted molar refractivity (Wildman–Crippen MR) is 87.6 cm³/mol. The number of carbonyl (C=O) groups excluding carboxylic acids is 1. The zero-order valence-electron chi connectivity index (χ0n) is 13.8. The van der Waals surface area contributed by atoms with E-state index in [1.807, 2.05) is 32.9 Å². The molecule has 0 aliphatic heterocycles. The number of hydrogen-bond donors (Lipinski definition) is 2. The second kappa shape index (κ2) is 7.09. The fourth-order valence-corrected chi connectivity index (χ4v) is 2.24. The minimum Gasteiger partial charge on any atom is -0.483 e. The van der Waals surface area contributed by atoms with E-state index < -0.39 is 0 Å². The van der Waals surface area contributed by atoms with Gasteiger partial charge in [0.1, 0.15) is 11.6 Å². The van der Waals surface area contributed by atoms with Crippen molar-refractivity contribution in [3.63, 3.8) is 0 Å². The number of hydrogen-bond acceptors (Lipinski definition) is 4. The average molecular weight is 315 g/mol. The first kappa shape index (κ1) is 16.7. The van der Waals surface area contributed by atoms with E-state index in [4.69, 9.17) is 4.74 Å². The minimum atomic E-state index is -0.269. The van der Waals surface area contributed by atoms with Gasteiger partial charge in [0.05, 0.1) is 6.54 Å². The summed E-state index contributed by atoms with van der Waals surface area (Å²) in [7, 11) is 0. The van der Waals surface area contributed by atoms with Crippen molar-refractivity contribution in [3.8, 4) is 5.75 Å². The van der Waals surface area contributed by atoms with Gasteiger partial charge in [0.15, 0.2) is 6.61 Å². The molecule has 2 aromatic rings. The van der Waals surface area contributed by atoms with Crippen molar-refractivity contribution >= 4 is 5.91 Å². The van der Waals surface area contributed by atoms with Crippen LogP contribution in [-0.2, 0) is 11.3 Å². The maximum atomic E-state index is 11.9. The van der Waals surface area contributed by atoms with E-state index >= 15 is 0 Å². The van der Waals surface area contributed by atoms with E-state index in [1.54, 1.807) is 6.92 Å². The summed E-state index contributed by atoms with van der Waals surface area (Å²) in [4.78, 5) is 30.0. The topological polar surface area (TPSA) is 84.1 Å². The normalized spacial score (nSPS) is 10.4. The summed E-state index contributed by atoms with van der Waals surface area (Å²) < 4.78 is 5.64. The molecule has 6 nitrogen and oxygen atoms in total. The Balaban J connectivity index is 1.93. The van der Waals surface area contributed by atoms with E-state index in [0.717, 1.165) is 22.4 Å². The highest BCUT2D eigenvalue weighted by Gasteiger charge is 2.09. The van der Waals surface area contributed by atoms with Gasteiger partial charge < -0.3 is 15.0 Å². The molecular weight excluding hydrogens is 294 g/mol. The lowest BCUT2D eigenvalue weighted by atomic mass is 10.1. The molecule has 2 rings (SSSR count). The van der Waals surface area contributed by atoms with E-state index in [2.05, 4.69) is 15.3 Å². The van der Waals surface area contributed by atoms with Gasteiger partial charge >= 0.3 is 0 Å². The molecule has 0 unspecified atom stereocenters. The number of nitrogens with zero attached hydrogens (tertiary/aromatic N) is 1. The Morgan fingerprint density at radius 2 is 1.91 bits per heavy atom. The number of aromatic amines is 1. The SMILES string of the molecule is Cc1cc(=O)[nH]c(CNC(=O)COc2c(C)ccc(C)c2C)n1. The molecule has 0 bridgehead atoms. The van der Waals surface area contributed by atoms with E-state index in [1.165, 1.54) is 6.07 Å². The zero-order chi connectivity index (χ0) is 17.0. The fraction of sp³-hybridized carbons (Fsp3) is 0.353. The molecule has 122 valence electrons. The molecule has 0 fully saturated rings. The first-order valence-electron chi connectivity index (χ1n) is 7.40. The molecule has 0 saturated carbocycles. The van der Waals surface area contributed by atoms with Crippen molar-refractivity contribution in [2.45, 2.75) is 34.2 Å². The van der Waals surface area contributed by atoms with Crippen molar-refractivity contribution < 1.29 is 9.53 Å². The van der Waals surface area contributed by atoms with Gasteiger partial charge in [-0.2, -0.15) is 0 Å². The Morgan fingerprint density at radius 1 is 1.22 bits per heavy atom. The Kier molecular flexibility index (Phi) is 5.16. The van der Waals surface area contributed by atoms with E-state index in [9.17, 15) is 9.59 Å². The van der Waals surface area contributed by atoms with Gasteiger partial charge in [-0.05, 0) is 44.4 Å². The number of aryl methyl sites for hydroxylation is 3. The molecule has 0 spiro atoms. The van der Waals surface area contributed by atoms with Crippen LogP contribution in [0.3, 0.4) is 0 Å². The quantitative estimate of drug-likeness (QED) is 0.879. The van der Waals surface area contributed by atoms with Crippen LogP contribution < -0.4 is 15.6 Å². The summed E-state index contributed by atoms with van der Waals surface area (Å²) in [5.74, 6) is 0.892. The number of benzene rings is 1. The van der Waals surface area contributed by atoms with Crippen LogP contribution >= 0.6 is 0 Å². The monoisotopic (exact) mass is 315 g/mol. The van der Waals surface area contributed by atoms with Crippen molar-refractivity contribution in [3.05, 3.63) is 56.8 Å². The molecule has 23 heavy (non-hydrogen) atoms. The number of carbonyl (C=O) groups is 1. The summed E-state index contributed by atoms with van der Waals surface area (Å²) >= 11 is 0. The molecule has 1 aromatic carbocycles. The first-order chi connectivity index (χ1) is 10.9. The van der Waals surface area contributed by atoms with Gasteiger partial charge in [0, 0.05) is 11.8 Å². The molecule has 0 saturated heterocycles. The van der Waals surface area contributed by atoms with Crippen LogP contribution in [0.5, 0.6) is 5.75 Å². The predicted octanol–water partition coefficient (Wildman–Crippen LogP) is 1.70. The summed E-state index contributed by atoms with van der Waals surface area (Å²) in [6.45, 7) is 7.72. The number of ether oxygens (including phenoxy) is 1. The lowest BCUT2D eigenvalue weighted by molar-refractivity contribution is -0.123. The third-order valence-electron chi connectivity index (χ3n) is 3.59. The number of nitrogens with one attached hydrogen (secondary N) is 2. The Bertz CT molecular complexity index is 781. The highest BCUT2D eigenvalue weighted by atomic mass is 16.5. The average Bonchev–Trinajstić information content (AvgIpc) is 2.48. The van der Waals surface area contributed by atoms with Gasteiger partial charge in [-0.3, -0.25) is 9.59 Å². The molecule has 0 aliphatic carbocycles. The largest absolute Gasteiger partial charge is 0.483 e. The van der Waals surface area contributed by atoms with Gasteiger partial charge in [0.2, 0.25) is 0 Å². The summed E-state index contributed by atoms with van der Waals surface area (Å²) in [6, 6.07) is 5.39. The molecule has 1 aromatic heterocycles. The maximum absolute atomic E-state index is 11.9. The number of amides is 1. The van der Waals surface area contributed by atoms with Crippen LogP contribution in [0.2, 0.25) is 0 Å². The summed E-state index contributed by atoms with van der Waals surface area (Å²) in [6.07, 6.45) is 0. The third-order valence-corrected chi connectivity index (χ3v) is 3.59. The van der Waals surface area contributed by atoms with Crippen LogP contribution in [-0.4, -0.2) is 22.5 Å². The highest BCUT2D eigenvalue weighted by molar-refractivity contribution is 5.77. The van der Waals surface area contributed by atoms with Gasteiger partial charge in [-0.1, -0.05) is 12.1 Å². The van der Waals surface area contributed by atoms with E-state index in [-0.39, 0.29) is 24.6 Å². The molecule has 0 atom stereocenters. The van der Waals surface area contributed by atoms with Crippen LogP contribution in [0.25, 0.3) is 0 Å². The summed E-state index contributed by atoms with van der Waals surface area (Å²) in [5.41, 5.74) is 3.52. The maximum Gasteiger partial charge on any atom is 0.258 e. The first-order valence-corrected chi connectivity index (χ1v) is 7.40. The molecule has 6 heteroatoms. The molecular formula is C17H21N3O3. The summed E-state index contributed by atoms with van der Waals surface area (Å²) in [5, 5.41) is 2.68. The highest BCUT2D eigenvalue weighted by Crippen LogP contribution is 2.25. The Hall–Kier alpha value is -2.63. The van der Waals surface area contributed by atoms with E-state index in [0.29, 0.717) is 11.5 Å². The number of rotatable bonds is 5. The van der Waals surface area contributed by atoms with Crippen LogP contribution in [0.4, 0.5) is 0 Å². The van der Waals surface area contributed by atoms with Crippen molar-refractivity contribution in [1.82, 2.24) is 15.3 Å². The smallest absolute Gasteiger partial charge is 0.258 e. The van der Waals surface area contributed by atoms with Crippen molar-refractivity contribution in [2.24, 2.45) is 0 Å². The molecule has 1 heterocycles. The van der Waals surface area contributed by atoms with Gasteiger partial charge in [-0.25, -0.2) is 4.98 Å². The Morgan fingerprint density at radius 3 is 2.61 bits per heavy atom. The third kappa shape index (κ3) is 4.42. The van der Waals surface area contributed by atoms with Crippen LogP contribution in [0, 0.1) is 27.7 Å². The second-order valence-corrected chi connectivity index (χ2v) is 5.55. The van der Waals surface area contributed by atoms with Crippen molar-refractivity contribution in [1.29, 1.82) is 0 Å². The van der Waals surface area contributed by atoms with Gasteiger partial charge in [0.25, 0.3) is 11.5 Å². The molecule has 0 aliphatic rings. The number of H-pyrrole nitrogens is 1. The fourth-order valence-electron chi connectivity index (χ4n) is 2.24. The molecule has 0 radical (unpaired) electrons. The Labute approximate surface area is 134 Å². The lowest BCUT2D eigenvalue weighted by Gasteiger charge is -2.13. The second-order valence-electron chi connectivity index (χ2n) is 5.55. The van der Waals surface area contributed by atoms with Crippen LogP contribution in [0.1, 0.15) is 28.2 Å².